The third kappa shape index (κ3) is 1.67. The lowest BCUT2D eigenvalue weighted by Crippen LogP contribution is -1.88. The highest BCUT2D eigenvalue weighted by Crippen LogP contribution is 2.20. The Hall–Kier alpha value is -1.63. The van der Waals surface area contributed by atoms with Gasteiger partial charge in [-0.25, -0.2) is 0 Å². The summed E-state index contributed by atoms with van der Waals surface area (Å²) in [6, 6.07) is 11.4. The highest BCUT2D eigenvalue weighted by Gasteiger charge is 2.01. The van der Waals surface area contributed by atoms with E-state index in [2.05, 4.69) is 4.98 Å². The van der Waals surface area contributed by atoms with Crippen molar-refractivity contribution in [1.29, 1.82) is 0 Å². The fraction of sp³-hybridized carbons (Fsp3) is 0.154. The van der Waals surface area contributed by atoms with Crippen molar-refractivity contribution in [3.05, 3.63) is 53.7 Å². The van der Waals surface area contributed by atoms with Gasteiger partial charge in [0, 0.05) is 15.9 Å². The van der Waals surface area contributed by atoms with Crippen LogP contribution in [0.2, 0.25) is 0 Å². The van der Waals surface area contributed by atoms with Gasteiger partial charge in [-0.15, -0.1) is 0 Å². The Bertz CT molecular complexity index is 518. The Labute approximate surface area is 88.7 Å². The zero-order valence-corrected chi connectivity index (χ0v) is 7.99. The average molecular weight is 186 g/mol. The van der Waals surface area contributed by atoms with Gasteiger partial charge in [0.2, 0.25) is 0 Å². The first kappa shape index (κ1) is 5.97. The number of hydrogen-bond donors (Lipinski definition) is 0. The Balaban J connectivity index is 2.46. The minimum atomic E-state index is -2.09. The van der Waals surface area contributed by atoms with Crippen molar-refractivity contribution in [1.82, 2.24) is 4.98 Å². The first-order chi connectivity index (χ1) is 7.98. The van der Waals surface area contributed by atoms with Crippen molar-refractivity contribution in [2.24, 2.45) is 0 Å². The maximum absolute atomic E-state index is 7.34. The summed E-state index contributed by atoms with van der Waals surface area (Å²) in [6.45, 7) is -0.211. The minimum Gasteiger partial charge on any atom is -0.256 e. The summed E-state index contributed by atoms with van der Waals surface area (Å²) >= 11 is 0. The molecule has 0 aliphatic rings. The van der Waals surface area contributed by atoms with Crippen molar-refractivity contribution in [3.8, 4) is 11.3 Å². The maximum atomic E-state index is 7.34. The predicted molar refractivity (Wildman–Crippen MR) is 59.1 cm³/mol. The van der Waals surface area contributed by atoms with E-state index in [0.717, 1.165) is 16.8 Å². The van der Waals surface area contributed by atoms with Crippen LogP contribution >= 0.6 is 0 Å². The smallest absolute Gasteiger partial charge is 0.0731 e. The molecule has 1 aromatic heterocycles. The van der Waals surface area contributed by atoms with Crippen molar-refractivity contribution < 1.29 is 4.11 Å². The van der Waals surface area contributed by atoms with Gasteiger partial charge < -0.3 is 0 Å². The van der Waals surface area contributed by atoms with Gasteiger partial charge in [0.15, 0.2) is 0 Å². The standard InChI is InChI=1S/C13H13N/c1-10-8-11(2)13(14-9-10)12-6-4-3-5-7-12/h3-9H,1-2H3/i1D3. The van der Waals surface area contributed by atoms with E-state index in [1.165, 1.54) is 6.20 Å². The van der Waals surface area contributed by atoms with Gasteiger partial charge in [-0.2, -0.15) is 0 Å². The molecule has 14 heavy (non-hydrogen) atoms. The molecule has 0 aliphatic heterocycles. The second kappa shape index (κ2) is 3.62. The Morgan fingerprint density at radius 1 is 1.21 bits per heavy atom. The van der Waals surface area contributed by atoms with Gasteiger partial charge in [-0.3, -0.25) is 4.98 Å². The molecule has 70 valence electrons. The van der Waals surface area contributed by atoms with E-state index in [1.54, 1.807) is 6.07 Å². The summed E-state index contributed by atoms with van der Waals surface area (Å²) in [6.07, 6.45) is 1.43. The zero-order chi connectivity index (χ0) is 12.5. The molecule has 1 nitrogen and oxygen atoms in total. The van der Waals surface area contributed by atoms with Gasteiger partial charge in [-0.1, -0.05) is 36.4 Å². The Morgan fingerprint density at radius 2 is 2.00 bits per heavy atom. The first-order valence-electron chi connectivity index (χ1n) is 6.01. The monoisotopic (exact) mass is 186 g/mol. The molecule has 0 bridgehead atoms. The number of pyridine rings is 1. The molecule has 0 N–H and O–H groups in total. The molecule has 1 aromatic carbocycles. The summed E-state index contributed by atoms with van der Waals surface area (Å²) in [5.74, 6) is 0. The SMILES string of the molecule is [2H]C([2H])([2H])c1cnc(-c2ccccc2)c(C)c1. The molecule has 0 atom stereocenters. The number of aryl methyl sites for hydroxylation is 2. The average Bonchev–Trinajstić information content (AvgIpc) is 2.29. The molecule has 2 aromatic rings. The lowest BCUT2D eigenvalue weighted by atomic mass is 10.1. The number of rotatable bonds is 1. The zero-order valence-electron chi connectivity index (χ0n) is 11.0. The van der Waals surface area contributed by atoms with Crippen LogP contribution in [0.4, 0.5) is 0 Å². The second-order valence-corrected chi connectivity index (χ2v) is 3.26. The summed E-state index contributed by atoms with van der Waals surface area (Å²) < 4.78 is 22.0. The second-order valence-electron chi connectivity index (χ2n) is 3.26. The van der Waals surface area contributed by atoms with Crippen molar-refractivity contribution >= 4 is 0 Å². The van der Waals surface area contributed by atoms with E-state index < -0.39 is 6.85 Å². The fourth-order valence-electron chi connectivity index (χ4n) is 1.47. The van der Waals surface area contributed by atoms with Crippen molar-refractivity contribution in [3.63, 3.8) is 0 Å². The molecule has 0 radical (unpaired) electrons. The molecular formula is C13H13N. The van der Waals surface area contributed by atoms with Crippen LogP contribution in [-0.2, 0) is 0 Å². The van der Waals surface area contributed by atoms with Crippen LogP contribution in [0.15, 0.2) is 42.6 Å². The normalized spacial score (nSPS) is 14.2. The van der Waals surface area contributed by atoms with E-state index in [9.17, 15) is 0 Å². The van der Waals surface area contributed by atoms with Crippen LogP contribution in [0, 0.1) is 13.8 Å². The van der Waals surface area contributed by atoms with Crippen LogP contribution < -0.4 is 0 Å². The number of nitrogens with zero attached hydrogens (tertiary/aromatic N) is 1. The lowest BCUT2D eigenvalue weighted by molar-refractivity contribution is 1.22. The molecule has 0 saturated carbocycles. The van der Waals surface area contributed by atoms with Crippen LogP contribution in [0.25, 0.3) is 11.3 Å². The van der Waals surface area contributed by atoms with E-state index in [-0.39, 0.29) is 5.56 Å². The molecule has 2 rings (SSSR count). The molecule has 0 unspecified atom stereocenters. The van der Waals surface area contributed by atoms with Crippen molar-refractivity contribution in [2.75, 3.05) is 0 Å². The molecule has 0 saturated heterocycles. The van der Waals surface area contributed by atoms with E-state index in [0.29, 0.717) is 0 Å². The van der Waals surface area contributed by atoms with Crippen LogP contribution in [0.5, 0.6) is 0 Å². The quantitative estimate of drug-likeness (QED) is 0.665. The molecular weight excluding hydrogens is 170 g/mol. The largest absolute Gasteiger partial charge is 0.256 e. The van der Waals surface area contributed by atoms with Gasteiger partial charge in [0.25, 0.3) is 0 Å². The number of benzene rings is 1. The van der Waals surface area contributed by atoms with Crippen LogP contribution in [-0.4, -0.2) is 4.98 Å². The van der Waals surface area contributed by atoms with Gasteiger partial charge >= 0.3 is 0 Å². The van der Waals surface area contributed by atoms with E-state index >= 15 is 0 Å². The third-order valence-corrected chi connectivity index (χ3v) is 2.13. The highest BCUT2D eigenvalue weighted by atomic mass is 14.7. The topological polar surface area (TPSA) is 12.9 Å². The predicted octanol–water partition coefficient (Wildman–Crippen LogP) is 3.37. The number of aromatic nitrogens is 1. The molecule has 0 spiro atoms. The maximum Gasteiger partial charge on any atom is 0.0731 e. The van der Waals surface area contributed by atoms with Gasteiger partial charge in [0.05, 0.1) is 5.69 Å². The molecule has 0 fully saturated rings. The molecule has 0 aliphatic carbocycles. The Kier molecular flexibility index (Phi) is 1.54. The fourth-order valence-corrected chi connectivity index (χ4v) is 1.47. The van der Waals surface area contributed by atoms with E-state index in [4.69, 9.17) is 4.11 Å². The highest BCUT2D eigenvalue weighted by molar-refractivity contribution is 5.62. The van der Waals surface area contributed by atoms with Gasteiger partial charge in [-0.05, 0) is 24.9 Å². The minimum absolute atomic E-state index is 0.287. The van der Waals surface area contributed by atoms with Crippen LogP contribution in [0.3, 0.4) is 0 Å². The van der Waals surface area contributed by atoms with Gasteiger partial charge in [0.1, 0.15) is 0 Å². The summed E-state index contributed by atoms with van der Waals surface area (Å²) in [5.41, 5.74) is 3.00. The summed E-state index contributed by atoms with van der Waals surface area (Å²) in [5, 5.41) is 0. The summed E-state index contributed by atoms with van der Waals surface area (Å²) in [4.78, 5) is 4.25. The van der Waals surface area contributed by atoms with E-state index in [1.807, 2.05) is 37.3 Å². The third-order valence-electron chi connectivity index (χ3n) is 2.13. The molecule has 0 amide bonds. The number of hydrogen-bond acceptors (Lipinski definition) is 1. The molecule has 1 heteroatoms. The van der Waals surface area contributed by atoms with Crippen LogP contribution in [0.1, 0.15) is 15.2 Å². The lowest BCUT2D eigenvalue weighted by Gasteiger charge is -2.05. The van der Waals surface area contributed by atoms with Crippen molar-refractivity contribution in [2.45, 2.75) is 13.8 Å². The first-order valence-corrected chi connectivity index (χ1v) is 4.51. The summed E-state index contributed by atoms with van der Waals surface area (Å²) in [7, 11) is 0. The Morgan fingerprint density at radius 3 is 2.64 bits per heavy atom. The molecule has 1 heterocycles.